The average Bonchev–Trinajstić information content (AvgIpc) is 3.76. The van der Waals surface area contributed by atoms with Crippen molar-refractivity contribution < 1.29 is 29.1 Å². The number of Topliss-reactive ketones (excluding diaryl/α,β-unsaturated/α-hetero) is 1. The zero-order chi connectivity index (χ0) is 36.8. The van der Waals surface area contributed by atoms with Crippen LogP contribution in [0.1, 0.15) is 125 Å². The predicted molar refractivity (Wildman–Crippen MR) is 188 cm³/mol. The summed E-state index contributed by atoms with van der Waals surface area (Å²) in [5, 5.41) is 22.7. The number of likely N-dealkylation sites (tertiary alicyclic amines) is 1. The Hall–Kier alpha value is -3.45. The number of aromatic nitrogens is 2. The van der Waals surface area contributed by atoms with Crippen molar-refractivity contribution in [3.63, 3.8) is 0 Å². The van der Waals surface area contributed by atoms with E-state index in [1.54, 1.807) is 4.90 Å². The van der Waals surface area contributed by atoms with Gasteiger partial charge >= 0.3 is 0 Å². The van der Waals surface area contributed by atoms with Gasteiger partial charge in [0.05, 0.1) is 18.3 Å². The summed E-state index contributed by atoms with van der Waals surface area (Å²) >= 11 is 0. The molecule has 0 aromatic carbocycles. The zero-order valence-electron chi connectivity index (χ0n) is 31.0. The first-order valence-corrected chi connectivity index (χ1v) is 18.5. The van der Waals surface area contributed by atoms with E-state index in [4.69, 9.17) is 0 Å². The second-order valence-corrected chi connectivity index (χ2v) is 16.6. The molecule has 1 aliphatic heterocycles. The molecule has 4 amide bonds. The van der Waals surface area contributed by atoms with Crippen molar-refractivity contribution in [1.82, 2.24) is 36.1 Å². The first kappa shape index (κ1) is 39.3. The molecule has 0 radical (unpaired) electrons. The van der Waals surface area contributed by atoms with Crippen molar-refractivity contribution in [3.8, 4) is 0 Å². The molecule has 50 heavy (non-hydrogen) atoms. The number of aliphatic hydroxyl groups is 1. The van der Waals surface area contributed by atoms with Gasteiger partial charge in [0.25, 0.3) is 5.91 Å². The van der Waals surface area contributed by atoms with Crippen LogP contribution in [0.15, 0.2) is 18.6 Å². The van der Waals surface area contributed by atoms with E-state index in [-0.39, 0.29) is 34.9 Å². The Morgan fingerprint density at radius 3 is 2.18 bits per heavy atom. The van der Waals surface area contributed by atoms with Crippen molar-refractivity contribution in [2.75, 3.05) is 6.54 Å². The minimum atomic E-state index is -1.24. The van der Waals surface area contributed by atoms with Gasteiger partial charge in [0.2, 0.25) is 23.5 Å². The summed E-state index contributed by atoms with van der Waals surface area (Å²) in [6, 6.07) is -3.71. The summed E-state index contributed by atoms with van der Waals surface area (Å²) in [4.78, 5) is 78.7. The molecule has 5 N–H and O–H groups in total. The molecule has 3 fully saturated rings. The third kappa shape index (κ3) is 10.1. The Bertz CT molecular complexity index is 1350. The first-order chi connectivity index (χ1) is 23.5. The largest absolute Gasteiger partial charge is 0.373 e. The lowest BCUT2D eigenvalue weighted by atomic mass is 9.75. The van der Waals surface area contributed by atoms with Crippen molar-refractivity contribution in [1.29, 1.82) is 0 Å². The molecule has 0 bridgehead atoms. The summed E-state index contributed by atoms with van der Waals surface area (Å²) in [5.41, 5.74) is -0.818. The Morgan fingerprint density at radius 2 is 1.62 bits per heavy atom. The van der Waals surface area contributed by atoms with Gasteiger partial charge in [-0.15, -0.1) is 0 Å². The highest BCUT2D eigenvalue weighted by molar-refractivity contribution is 6.38. The molecule has 1 aromatic heterocycles. The summed E-state index contributed by atoms with van der Waals surface area (Å²) in [6.07, 6.45) is 10.9. The number of nitrogens with zero attached hydrogens (tertiary/aromatic N) is 3. The number of hydrogen-bond acceptors (Lipinski definition) is 9. The van der Waals surface area contributed by atoms with E-state index in [2.05, 4.69) is 31.2 Å². The van der Waals surface area contributed by atoms with Crippen LogP contribution < -0.4 is 21.3 Å². The lowest BCUT2D eigenvalue weighted by Crippen LogP contribution is -2.62. The van der Waals surface area contributed by atoms with E-state index in [1.165, 1.54) is 18.6 Å². The maximum Gasteiger partial charge on any atom is 0.289 e. The summed E-state index contributed by atoms with van der Waals surface area (Å²) in [5.74, 6) is -2.95. The highest BCUT2D eigenvalue weighted by Crippen LogP contribution is 2.40. The second kappa shape index (κ2) is 16.7. The molecule has 13 nitrogen and oxygen atoms in total. The monoisotopic (exact) mass is 697 g/mol. The quantitative estimate of drug-likeness (QED) is 0.144. The van der Waals surface area contributed by atoms with Crippen molar-refractivity contribution in [2.24, 2.45) is 22.7 Å². The van der Waals surface area contributed by atoms with E-state index in [1.807, 2.05) is 48.5 Å². The molecular weight excluding hydrogens is 638 g/mol. The number of ketones is 1. The molecule has 2 saturated carbocycles. The molecule has 2 aliphatic carbocycles. The average molecular weight is 698 g/mol. The van der Waals surface area contributed by atoms with Crippen LogP contribution in [0.3, 0.4) is 0 Å². The van der Waals surface area contributed by atoms with Crippen LogP contribution in [-0.4, -0.2) is 86.1 Å². The van der Waals surface area contributed by atoms with Crippen molar-refractivity contribution >= 4 is 29.4 Å². The number of amides is 4. The fraction of sp³-hybridized carbons (Fsp3) is 0.757. The fourth-order valence-corrected chi connectivity index (χ4v) is 7.37. The first-order valence-electron chi connectivity index (χ1n) is 18.5. The maximum atomic E-state index is 14.7. The Kier molecular flexibility index (Phi) is 13.1. The molecule has 1 unspecified atom stereocenters. The normalized spacial score (nSPS) is 22.6. The van der Waals surface area contributed by atoms with E-state index in [0.29, 0.717) is 25.8 Å². The molecular formula is C37H59N7O6. The zero-order valence-corrected chi connectivity index (χ0v) is 31.0. The molecule has 4 rings (SSSR count). The van der Waals surface area contributed by atoms with Crippen LogP contribution in [0.5, 0.6) is 0 Å². The smallest absolute Gasteiger partial charge is 0.289 e. The number of carbonyl (C=O) groups is 5. The SMILES string of the molecule is CCC[C@H](NC(=O)[C@@H]1[C@@H](C(C)(C)C)CCN1C(=O)[C@H](NC(=O)[C@H](NC(O)c1cnccn1)C1CCCCC1)C(C)(C)C)C(=O)C(=O)NC1CC1. The third-order valence-electron chi connectivity index (χ3n) is 10.4. The van der Waals surface area contributed by atoms with Crippen LogP contribution in [0.2, 0.25) is 0 Å². The number of rotatable bonds is 14. The third-order valence-corrected chi connectivity index (χ3v) is 10.4. The summed E-state index contributed by atoms with van der Waals surface area (Å²) in [7, 11) is 0. The fourth-order valence-electron chi connectivity index (χ4n) is 7.37. The number of carbonyl (C=O) groups excluding carboxylic acids is 5. The Morgan fingerprint density at radius 1 is 0.940 bits per heavy atom. The molecule has 3 aliphatic rings. The lowest BCUT2D eigenvalue weighted by Gasteiger charge is -2.40. The van der Waals surface area contributed by atoms with Crippen LogP contribution in [0, 0.1) is 22.7 Å². The van der Waals surface area contributed by atoms with Gasteiger partial charge in [-0.05, 0) is 61.2 Å². The number of aliphatic hydroxyl groups excluding tert-OH is 1. The molecule has 2 heterocycles. The van der Waals surface area contributed by atoms with Crippen molar-refractivity contribution in [2.45, 2.75) is 149 Å². The van der Waals surface area contributed by atoms with Crippen molar-refractivity contribution in [3.05, 3.63) is 24.3 Å². The van der Waals surface area contributed by atoms with Gasteiger partial charge < -0.3 is 26.0 Å². The second-order valence-electron chi connectivity index (χ2n) is 16.6. The van der Waals surface area contributed by atoms with Crippen LogP contribution >= 0.6 is 0 Å². The predicted octanol–water partition coefficient (Wildman–Crippen LogP) is 2.93. The highest BCUT2D eigenvalue weighted by Gasteiger charge is 2.50. The van der Waals surface area contributed by atoms with E-state index < -0.39 is 59.3 Å². The van der Waals surface area contributed by atoms with Gasteiger partial charge in [-0.25, -0.2) is 0 Å². The Labute approximate surface area is 296 Å². The van der Waals surface area contributed by atoms with Crippen LogP contribution in [-0.2, 0) is 24.0 Å². The topological polar surface area (TPSA) is 183 Å². The van der Waals surface area contributed by atoms with Gasteiger partial charge in [-0.2, -0.15) is 0 Å². The van der Waals surface area contributed by atoms with E-state index in [9.17, 15) is 29.1 Å². The summed E-state index contributed by atoms with van der Waals surface area (Å²) in [6.45, 7) is 13.9. The Balaban J connectivity index is 1.58. The van der Waals surface area contributed by atoms with Crippen LogP contribution in [0.4, 0.5) is 0 Å². The summed E-state index contributed by atoms with van der Waals surface area (Å²) < 4.78 is 0. The highest BCUT2D eigenvalue weighted by atomic mass is 16.3. The van der Waals surface area contributed by atoms with Gasteiger partial charge in [0, 0.05) is 25.0 Å². The molecule has 1 aromatic rings. The molecule has 0 spiro atoms. The van der Waals surface area contributed by atoms with Crippen LogP contribution in [0.25, 0.3) is 0 Å². The van der Waals surface area contributed by atoms with Gasteiger partial charge in [-0.1, -0.05) is 74.1 Å². The van der Waals surface area contributed by atoms with E-state index >= 15 is 0 Å². The number of hydrogen-bond donors (Lipinski definition) is 5. The van der Waals surface area contributed by atoms with Gasteiger partial charge in [0.1, 0.15) is 24.0 Å². The van der Waals surface area contributed by atoms with Gasteiger partial charge in [-0.3, -0.25) is 39.3 Å². The molecule has 278 valence electrons. The minimum absolute atomic E-state index is 0.00498. The maximum absolute atomic E-state index is 14.7. The van der Waals surface area contributed by atoms with Gasteiger partial charge in [0.15, 0.2) is 0 Å². The number of nitrogens with one attached hydrogen (secondary N) is 4. The molecule has 6 atom stereocenters. The molecule has 13 heteroatoms. The minimum Gasteiger partial charge on any atom is -0.373 e. The van der Waals surface area contributed by atoms with E-state index in [0.717, 1.165) is 44.9 Å². The molecule has 1 saturated heterocycles. The standard InChI is InChI=1S/C37H59N7O6/c1-8-12-25(29(45)34(49)40-23-15-16-23)41-33(48)28-24(36(2,3)4)17-20-44(28)35(50)30(37(5,6)7)43-32(47)27(22-13-10-9-11-14-22)42-31(46)26-21-38-18-19-39-26/h18-19,21-25,27-28,30-31,42,46H,8-17,20H2,1-7H3,(H,40,49)(H,41,48)(H,43,47)/t24-,25-,27+,28-,30-,31?/m0/s1. The lowest BCUT2D eigenvalue weighted by molar-refractivity contribution is -0.147.